The van der Waals surface area contributed by atoms with Crippen molar-refractivity contribution in [1.29, 1.82) is 0 Å². The molecule has 0 saturated carbocycles. The maximum absolute atomic E-state index is 10.9. The molecule has 0 fully saturated rings. The van der Waals surface area contributed by atoms with Crippen LogP contribution in [0.2, 0.25) is 0 Å². The molecule has 0 saturated heterocycles. The lowest BCUT2D eigenvalue weighted by molar-refractivity contribution is -0.121. The smallest absolute Gasteiger partial charge is 0.245 e. The first-order chi connectivity index (χ1) is 5.93. The molecule has 0 aliphatic heterocycles. The first-order valence-electron chi connectivity index (χ1n) is 3.67. The highest BCUT2D eigenvalue weighted by atomic mass is 32.2. The molecule has 0 bridgehead atoms. The van der Waals surface area contributed by atoms with Crippen molar-refractivity contribution in [2.45, 2.75) is 26.0 Å². The van der Waals surface area contributed by atoms with E-state index in [2.05, 4.69) is 16.1 Å². The van der Waals surface area contributed by atoms with Gasteiger partial charge in [-0.2, -0.15) is 0 Å². The molecule has 0 rings (SSSR count). The zero-order chi connectivity index (χ0) is 10.5. The molecule has 0 aromatic rings. The van der Waals surface area contributed by atoms with Gasteiger partial charge in [0.15, 0.2) is 5.72 Å². The van der Waals surface area contributed by atoms with Gasteiger partial charge in [-0.15, -0.1) is 0 Å². The Morgan fingerprint density at radius 2 is 2.38 bits per heavy atom. The van der Waals surface area contributed by atoms with E-state index < -0.39 is 23.0 Å². The van der Waals surface area contributed by atoms with Gasteiger partial charge in [-0.3, -0.25) is 8.98 Å². The summed E-state index contributed by atoms with van der Waals surface area (Å²) in [5.41, 5.74) is -1.20. The quantitative estimate of drug-likeness (QED) is 0.396. The molecule has 2 atom stereocenters. The van der Waals surface area contributed by atoms with Crippen LogP contribution in [0.3, 0.4) is 0 Å². The summed E-state index contributed by atoms with van der Waals surface area (Å²) in [6.07, 6.45) is 1.38. The number of carbonyl (C=O) groups is 1. The van der Waals surface area contributed by atoms with E-state index in [-0.39, 0.29) is 0 Å². The summed E-state index contributed by atoms with van der Waals surface area (Å²) in [4.78, 5) is 10.9. The molecule has 2 unspecified atom stereocenters. The molecule has 0 radical (unpaired) electrons. The van der Waals surface area contributed by atoms with Crippen LogP contribution in [-0.4, -0.2) is 20.4 Å². The lowest BCUT2D eigenvalue weighted by Gasteiger charge is -2.29. The molecule has 6 heteroatoms. The fourth-order valence-electron chi connectivity index (χ4n) is 0.630. The fraction of sp³-hybridized carbons (Fsp3) is 0.571. The number of hydrogen-bond donors (Lipinski definition) is 1. The van der Waals surface area contributed by atoms with Gasteiger partial charge in [0, 0.05) is 0 Å². The summed E-state index contributed by atoms with van der Waals surface area (Å²) in [6, 6.07) is 0. The third-order valence-electron chi connectivity index (χ3n) is 1.50. The number of rotatable bonds is 5. The van der Waals surface area contributed by atoms with E-state index in [4.69, 9.17) is 0 Å². The Hall–Kier alpha value is -0.720. The van der Waals surface area contributed by atoms with Gasteiger partial charge in [0.2, 0.25) is 5.91 Å². The molecule has 0 aliphatic carbocycles. The van der Waals surface area contributed by atoms with E-state index in [1.54, 1.807) is 6.92 Å². The van der Waals surface area contributed by atoms with Gasteiger partial charge in [-0.25, -0.2) is 4.21 Å². The predicted octanol–water partition coefficient (Wildman–Crippen LogP) is 0.226. The normalized spacial score (nSPS) is 17.2. The SMILES string of the molecule is C=CC(=O)NC(C)(CC)OS(=O)[O-]. The maximum atomic E-state index is 10.9. The first kappa shape index (κ1) is 12.3. The summed E-state index contributed by atoms with van der Waals surface area (Å²) < 4.78 is 25.0. The van der Waals surface area contributed by atoms with E-state index >= 15 is 0 Å². The average Bonchev–Trinajstić information content (AvgIpc) is 2.02. The van der Waals surface area contributed by atoms with Crippen LogP contribution in [0.15, 0.2) is 12.7 Å². The van der Waals surface area contributed by atoms with Crippen molar-refractivity contribution in [2.75, 3.05) is 0 Å². The summed E-state index contributed by atoms with van der Waals surface area (Å²) in [5.74, 6) is -0.477. The van der Waals surface area contributed by atoms with Gasteiger partial charge in [0.05, 0.1) is 11.4 Å². The van der Waals surface area contributed by atoms with Crippen molar-refractivity contribution >= 4 is 17.3 Å². The molecule has 5 nitrogen and oxygen atoms in total. The Morgan fingerprint density at radius 3 is 2.69 bits per heavy atom. The van der Waals surface area contributed by atoms with Gasteiger partial charge in [0.25, 0.3) is 0 Å². The van der Waals surface area contributed by atoms with Crippen molar-refractivity contribution in [3.63, 3.8) is 0 Å². The van der Waals surface area contributed by atoms with Crippen LogP contribution in [0.5, 0.6) is 0 Å². The summed E-state index contributed by atoms with van der Waals surface area (Å²) >= 11 is -2.65. The average molecular weight is 206 g/mol. The molecule has 0 aromatic heterocycles. The standard InChI is InChI=1S/C7H13NO4S/c1-4-6(9)8-7(3,5-2)12-13(10)11/h4H,1,5H2,2-3H3,(H,8,9)(H,10,11)/p-1. The summed E-state index contributed by atoms with van der Waals surface area (Å²) in [5, 5.41) is 2.35. The Morgan fingerprint density at radius 1 is 1.85 bits per heavy atom. The molecule has 76 valence electrons. The first-order valence-corrected chi connectivity index (χ1v) is 4.67. The Kier molecular flexibility index (Phi) is 4.82. The number of hydrogen-bond acceptors (Lipinski definition) is 4. The lowest BCUT2D eigenvalue weighted by atomic mass is 10.2. The van der Waals surface area contributed by atoms with E-state index in [1.807, 2.05) is 0 Å². The highest BCUT2D eigenvalue weighted by Crippen LogP contribution is 2.12. The Labute approximate surface area is 79.7 Å². The molecule has 13 heavy (non-hydrogen) atoms. The van der Waals surface area contributed by atoms with Crippen LogP contribution in [0.1, 0.15) is 20.3 Å². The van der Waals surface area contributed by atoms with Gasteiger partial charge in [0.1, 0.15) is 0 Å². The lowest BCUT2D eigenvalue weighted by Crippen LogP contribution is -2.47. The topological polar surface area (TPSA) is 78.5 Å². The zero-order valence-corrected chi connectivity index (χ0v) is 8.35. The minimum Gasteiger partial charge on any atom is -0.750 e. The second-order valence-electron chi connectivity index (χ2n) is 2.57. The van der Waals surface area contributed by atoms with Gasteiger partial charge < -0.3 is 9.87 Å². The molecule has 1 N–H and O–H groups in total. The van der Waals surface area contributed by atoms with E-state index in [9.17, 15) is 13.6 Å². The van der Waals surface area contributed by atoms with Gasteiger partial charge >= 0.3 is 0 Å². The maximum Gasteiger partial charge on any atom is 0.245 e. The highest BCUT2D eigenvalue weighted by molar-refractivity contribution is 7.74. The largest absolute Gasteiger partial charge is 0.750 e. The Balaban J connectivity index is 4.35. The van der Waals surface area contributed by atoms with Crippen molar-refractivity contribution in [2.24, 2.45) is 0 Å². The molecule has 0 aliphatic rings. The second-order valence-corrected chi connectivity index (χ2v) is 3.14. The van der Waals surface area contributed by atoms with E-state index in [0.717, 1.165) is 6.08 Å². The van der Waals surface area contributed by atoms with Crippen LogP contribution in [0, 0.1) is 0 Å². The van der Waals surface area contributed by atoms with Gasteiger partial charge in [-0.1, -0.05) is 13.5 Å². The fourth-order valence-corrected chi connectivity index (χ4v) is 1.09. The molecular formula is C7H12NO4S-. The van der Waals surface area contributed by atoms with Crippen molar-refractivity contribution in [1.82, 2.24) is 5.32 Å². The second kappa shape index (κ2) is 5.11. The number of nitrogens with one attached hydrogen (secondary N) is 1. The molecular weight excluding hydrogens is 194 g/mol. The minimum atomic E-state index is -2.65. The predicted molar refractivity (Wildman–Crippen MR) is 47.0 cm³/mol. The van der Waals surface area contributed by atoms with E-state index in [0.29, 0.717) is 6.42 Å². The van der Waals surface area contributed by atoms with Crippen molar-refractivity contribution in [3.8, 4) is 0 Å². The minimum absolute atomic E-state index is 0.334. The zero-order valence-electron chi connectivity index (χ0n) is 7.53. The third-order valence-corrected chi connectivity index (χ3v) is 2.00. The molecule has 0 aromatic carbocycles. The van der Waals surface area contributed by atoms with Crippen molar-refractivity contribution in [3.05, 3.63) is 12.7 Å². The van der Waals surface area contributed by atoms with Crippen LogP contribution in [-0.2, 0) is 20.3 Å². The molecule has 0 spiro atoms. The van der Waals surface area contributed by atoms with Crippen LogP contribution < -0.4 is 5.32 Å². The third kappa shape index (κ3) is 4.76. The van der Waals surface area contributed by atoms with Gasteiger partial charge in [-0.05, 0) is 19.4 Å². The number of amides is 1. The molecule has 1 amide bonds. The number of carbonyl (C=O) groups excluding carboxylic acids is 1. The summed E-state index contributed by atoms with van der Waals surface area (Å²) in [7, 11) is 0. The monoisotopic (exact) mass is 206 g/mol. The van der Waals surface area contributed by atoms with E-state index in [1.165, 1.54) is 6.92 Å². The molecule has 0 heterocycles. The highest BCUT2D eigenvalue weighted by Gasteiger charge is 2.24. The van der Waals surface area contributed by atoms with Crippen molar-refractivity contribution < 1.29 is 17.7 Å². The van der Waals surface area contributed by atoms with Crippen LogP contribution >= 0.6 is 0 Å². The Bertz CT molecular complexity index is 231. The van der Waals surface area contributed by atoms with Crippen LogP contribution in [0.4, 0.5) is 0 Å². The van der Waals surface area contributed by atoms with Crippen LogP contribution in [0.25, 0.3) is 0 Å². The summed E-state index contributed by atoms with van der Waals surface area (Å²) in [6.45, 7) is 6.39.